The molecule has 4 fully saturated rings. The van der Waals surface area contributed by atoms with Gasteiger partial charge in [0.25, 0.3) is 0 Å². The van der Waals surface area contributed by atoms with Gasteiger partial charge < -0.3 is 29.0 Å². The van der Waals surface area contributed by atoms with Crippen molar-refractivity contribution in [3.63, 3.8) is 0 Å². The van der Waals surface area contributed by atoms with E-state index in [0.29, 0.717) is 19.3 Å². The lowest BCUT2D eigenvalue weighted by atomic mass is 9.78. The highest BCUT2D eigenvalue weighted by atomic mass is 16.7. The molecule has 48 heavy (non-hydrogen) atoms. The van der Waals surface area contributed by atoms with Crippen LogP contribution in [-0.2, 0) is 42.9 Å². The van der Waals surface area contributed by atoms with E-state index in [1.54, 1.807) is 25.2 Å². The molecule has 1 N–H and O–H groups in total. The van der Waals surface area contributed by atoms with Crippen LogP contribution in [0.25, 0.3) is 0 Å². The number of carbonyl (C=O) groups is 4. The molecule has 0 aromatic heterocycles. The summed E-state index contributed by atoms with van der Waals surface area (Å²) in [7, 11) is 0. The molecule has 7 heterocycles. The quantitative estimate of drug-likeness (QED) is 0.211. The smallest absolute Gasteiger partial charge is 0.331 e. The first-order chi connectivity index (χ1) is 22.8. The molecule has 0 unspecified atom stereocenters. The number of amides is 1. The number of epoxide rings is 1. The summed E-state index contributed by atoms with van der Waals surface area (Å²) in [5.41, 5.74) is 0.422. The number of esters is 1. The molecule has 7 aliphatic heterocycles. The zero-order chi connectivity index (χ0) is 34.6. The van der Waals surface area contributed by atoms with Crippen LogP contribution in [-0.4, -0.2) is 71.5 Å². The first-order valence-corrected chi connectivity index (χ1v) is 18.1. The zero-order valence-electron chi connectivity index (χ0n) is 29.5. The van der Waals surface area contributed by atoms with Crippen LogP contribution in [0.3, 0.4) is 0 Å². The van der Waals surface area contributed by atoms with Crippen LogP contribution in [0, 0.1) is 17.8 Å². The van der Waals surface area contributed by atoms with Gasteiger partial charge in [0.2, 0.25) is 5.91 Å². The Labute approximate surface area is 285 Å². The number of rotatable bonds is 6. The zero-order valence-corrected chi connectivity index (χ0v) is 29.5. The lowest BCUT2D eigenvalue weighted by molar-refractivity contribution is -0.344. The molecular formula is C38H55NO9. The Kier molecular flexibility index (Phi) is 11.8. The van der Waals surface area contributed by atoms with Crippen LogP contribution in [0.1, 0.15) is 112 Å². The molecule has 0 saturated carbocycles. The Bertz CT molecular complexity index is 1310. The van der Waals surface area contributed by atoms with Crippen molar-refractivity contribution in [1.29, 1.82) is 0 Å². The third-order valence-electron chi connectivity index (χ3n) is 11.1. The highest BCUT2D eigenvalue weighted by molar-refractivity contribution is 5.92. The molecule has 0 aromatic carbocycles. The van der Waals surface area contributed by atoms with Gasteiger partial charge in [-0.25, -0.2) is 4.79 Å². The lowest BCUT2D eigenvalue weighted by Gasteiger charge is -2.53. The Hall–Kier alpha value is -2.66. The summed E-state index contributed by atoms with van der Waals surface area (Å²) in [5, 5.41) is 2.68. The minimum absolute atomic E-state index is 0.00994. The number of ether oxygens (including phenoxy) is 5. The standard InChI is InChI=1S/C38H55NO9/c1-7-11-34(42)39-17-10-8-9-12-30-29(41)18-25(4)28(40)22-27-21-26(5)38(46-27)16-15-37(6)33(48-38)14-13-31(47-37)36-32(45-36)19-23(2)24(3)20-35(43)44-30/h8-10,17,20,23,25-27,30-33,36H,7,11-16,18-19,21-22H2,1-6H3,(H,39,42)/b9-8+,17-10-,24-20+/t23-,25+,26+,27-,30+,31+,32-,33-,36+,37+,38-/m1/s1. The Morgan fingerprint density at radius 3 is 2.52 bits per heavy atom. The second-order valence-corrected chi connectivity index (χ2v) is 15.0. The van der Waals surface area contributed by atoms with Crippen molar-refractivity contribution >= 4 is 23.4 Å². The fraction of sp³-hybridized carbons (Fsp3) is 0.737. The van der Waals surface area contributed by atoms with E-state index in [9.17, 15) is 19.2 Å². The van der Waals surface area contributed by atoms with Crippen LogP contribution in [0.15, 0.2) is 36.1 Å². The maximum Gasteiger partial charge on any atom is 0.331 e. The predicted octanol–water partition coefficient (Wildman–Crippen LogP) is 5.82. The van der Waals surface area contributed by atoms with Crippen molar-refractivity contribution < 1.29 is 42.9 Å². The van der Waals surface area contributed by atoms with Gasteiger partial charge in [-0.2, -0.15) is 0 Å². The molecule has 0 aliphatic carbocycles. The molecule has 11 atom stereocenters. The van der Waals surface area contributed by atoms with E-state index < -0.39 is 29.4 Å². The normalized spacial score (nSPS) is 42.2. The van der Waals surface area contributed by atoms with E-state index >= 15 is 0 Å². The molecule has 7 aliphatic rings. The van der Waals surface area contributed by atoms with Gasteiger partial charge in [0.15, 0.2) is 17.7 Å². The fourth-order valence-corrected chi connectivity index (χ4v) is 7.76. The molecular weight excluding hydrogens is 614 g/mol. The molecule has 1 amide bonds. The molecule has 7 rings (SSSR count). The van der Waals surface area contributed by atoms with Crippen molar-refractivity contribution in [2.24, 2.45) is 17.8 Å². The second kappa shape index (κ2) is 15.5. The number of carbonyl (C=O) groups excluding carboxylic acids is 4. The molecule has 0 radical (unpaired) electrons. The van der Waals surface area contributed by atoms with Gasteiger partial charge in [0.05, 0.1) is 30.0 Å². The molecule has 5 bridgehead atoms. The maximum absolute atomic E-state index is 13.5. The number of allylic oxidation sites excluding steroid dienone is 3. The average molecular weight is 670 g/mol. The summed E-state index contributed by atoms with van der Waals surface area (Å²) < 4.78 is 31.9. The van der Waals surface area contributed by atoms with E-state index in [1.165, 1.54) is 12.3 Å². The maximum atomic E-state index is 13.5. The Morgan fingerprint density at radius 2 is 1.75 bits per heavy atom. The van der Waals surface area contributed by atoms with Crippen molar-refractivity contribution in [3.8, 4) is 0 Å². The second-order valence-electron chi connectivity index (χ2n) is 15.0. The largest absolute Gasteiger partial charge is 0.451 e. The topological polar surface area (TPSA) is 130 Å². The summed E-state index contributed by atoms with van der Waals surface area (Å²) in [6, 6.07) is 0. The van der Waals surface area contributed by atoms with Gasteiger partial charge in [-0.15, -0.1) is 0 Å². The molecule has 10 nitrogen and oxygen atoms in total. The fourth-order valence-electron chi connectivity index (χ4n) is 7.76. The Balaban J connectivity index is 1.31. The molecule has 10 heteroatoms. The number of ketones is 2. The highest BCUT2D eigenvalue weighted by Gasteiger charge is 2.59. The number of fused-ring (bicyclic) bond motifs is 2. The minimum Gasteiger partial charge on any atom is -0.451 e. The third-order valence-corrected chi connectivity index (χ3v) is 11.1. The van der Waals surface area contributed by atoms with Gasteiger partial charge in [-0.1, -0.05) is 45.4 Å². The lowest BCUT2D eigenvalue weighted by Crippen LogP contribution is -2.60. The van der Waals surface area contributed by atoms with E-state index in [1.807, 2.05) is 13.8 Å². The molecule has 0 aromatic rings. The van der Waals surface area contributed by atoms with Crippen molar-refractivity contribution in [2.45, 2.75) is 160 Å². The van der Waals surface area contributed by atoms with Gasteiger partial charge in [-0.3, -0.25) is 14.4 Å². The van der Waals surface area contributed by atoms with Crippen LogP contribution in [0.5, 0.6) is 0 Å². The third kappa shape index (κ3) is 8.73. The summed E-state index contributed by atoms with van der Waals surface area (Å²) in [4.78, 5) is 51.7. The first-order valence-electron chi connectivity index (χ1n) is 18.1. The molecule has 1 spiro atoms. The van der Waals surface area contributed by atoms with Crippen molar-refractivity contribution in [3.05, 3.63) is 36.1 Å². The summed E-state index contributed by atoms with van der Waals surface area (Å²) in [6.07, 6.45) is 12.8. The van der Waals surface area contributed by atoms with Crippen LogP contribution >= 0.6 is 0 Å². The van der Waals surface area contributed by atoms with Crippen molar-refractivity contribution in [1.82, 2.24) is 5.32 Å². The van der Waals surface area contributed by atoms with Crippen LogP contribution < -0.4 is 5.32 Å². The van der Waals surface area contributed by atoms with E-state index in [4.69, 9.17) is 23.7 Å². The highest BCUT2D eigenvalue weighted by Crippen LogP contribution is 2.52. The van der Waals surface area contributed by atoms with Crippen LogP contribution in [0.4, 0.5) is 0 Å². The van der Waals surface area contributed by atoms with Crippen LogP contribution in [0.2, 0.25) is 0 Å². The first kappa shape index (κ1) is 36.6. The number of nitrogens with one attached hydrogen (secondary N) is 1. The SMILES string of the molecule is CCCC(=O)N/C=C\C=C\C[C@@H]1OC(=O)/C=C(\C)[C@H](C)C[C@H]2O[C@H]2[C@@H]2CC[C@H]3O[C@@]4(CC[C@]3(C)O2)O[C@@H](CC(=O)[C@@H](C)CC1=O)C[C@@H]4C. The molecule has 266 valence electrons. The summed E-state index contributed by atoms with van der Waals surface area (Å²) in [6.45, 7) is 11.9. The average Bonchev–Trinajstić information content (AvgIpc) is 3.73. The number of hydrogen-bond acceptors (Lipinski definition) is 9. The number of Topliss-reactive ketones (excluding diaryl/α,β-unsaturated/α-hetero) is 2. The van der Waals surface area contributed by atoms with Gasteiger partial charge >= 0.3 is 5.97 Å². The van der Waals surface area contributed by atoms with E-state index in [2.05, 4.69) is 26.1 Å². The van der Waals surface area contributed by atoms with E-state index in [0.717, 1.165) is 37.7 Å². The van der Waals surface area contributed by atoms with Gasteiger partial charge in [0.1, 0.15) is 11.9 Å². The predicted molar refractivity (Wildman–Crippen MR) is 178 cm³/mol. The molecule has 4 saturated heterocycles. The number of hydrogen-bond donors (Lipinski definition) is 1. The minimum atomic E-state index is -1.05. The van der Waals surface area contributed by atoms with Gasteiger partial charge in [0, 0.05) is 56.2 Å². The van der Waals surface area contributed by atoms with Gasteiger partial charge in [-0.05, 0) is 64.4 Å². The Morgan fingerprint density at radius 1 is 0.958 bits per heavy atom. The summed E-state index contributed by atoms with van der Waals surface area (Å²) >= 11 is 0. The van der Waals surface area contributed by atoms with E-state index in [-0.39, 0.29) is 79.1 Å². The summed E-state index contributed by atoms with van der Waals surface area (Å²) in [5.74, 6) is -2.16. The monoisotopic (exact) mass is 669 g/mol. The van der Waals surface area contributed by atoms with Crippen molar-refractivity contribution in [2.75, 3.05) is 0 Å².